The van der Waals surface area contributed by atoms with Crippen LogP contribution >= 0.6 is 0 Å². The SMILES string of the molecule is C[S+](C)Oc1ccccc1.[Cl-]. The third-order valence-corrected chi connectivity index (χ3v) is 1.53. The first-order valence-corrected chi connectivity index (χ1v) is 5.06. The molecule has 1 nitrogen and oxygen atoms in total. The molecule has 1 aromatic rings. The van der Waals surface area contributed by atoms with Crippen LogP contribution in [0, 0.1) is 0 Å². The Morgan fingerprint density at radius 3 is 2.09 bits per heavy atom. The lowest BCUT2D eigenvalue weighted by molar-refractivity contribution is -0.00000276. The van der Waals surface area contributed by atoms with Crippen molar-refractivity contribution in [1.29, 1.82) is 0 Å². The summed E-state index contributed by atoms with van der Waals surface area (Å²) in [5, 5.41) is 0. The molecule has 0 N–H and O–H groups in total. The number of halogens is 1. The second-order valence-corrected chi connectivity index (χ2v) is 3.79. The van der Waals surface area contributed by atoms with E-state index in [9.17, 15) is 0 Å². The highest BCUT2D eigenvalue weighted by atomic mass is 35.5. The van der Waals surface area contributed by atoms with E-state index in [4.69, 9.17) is 4.18 Å². The summed E-state index contributed by atoms with van der Waals surface area (Å²) in [7, 11) is 0. The standard InChI is InChI=1S/C8H11OS.ClH/c1-10(2)9-8-6-4-3-5-7-8;/h3-7H,1-2H3;1H/q+1;/p-1. The Morgan fingerprint density at radius 1 is 1.09 bits per heavy atom. The van der Waals surface area contributed by atoms with E-state index in [1.54, 1.807) is 0 Å². The van der Waals surface area contributed by atoms with E-state index in [1.807, 2.05) is 42.8 Å². The van der Waals surface area contributed by atoms with Crippen LogP contribution in [0.25, 0.3) is 0 Å². The molecule has 0 aliphatic rings. The average Bonchev–Trinajstić information content (AvgIpc) is 1.88. The third kappa shape index (κ3) is 4.17. The predicted molar refractivity (Wildman–Crippen MR) is 46.3 cm³/mol. The molecular formula is C8H11ClOS. The lowest BCUT2D eigenvalue weighted by atomic mass is 10.3. The molecule has 62 valence electrons. The monoisotopic (exact) mass is 190 g/mol. The van der Waals surface area contributed by atoms with Gasteiger partial charge in [-0.15, -0.1) is 0 Å². The number of para-hydroxylation sites is 1. The van der Waals surface area contributed by atoms with E-state index >= 15 is 0 Å². The average molecular weight is 191 g/mol. The van der Waals surface area contributed by atoms with Crippen LogP contribution in [0.3, 0.4) is 0 Å². The summed E-state index contributed by atoms with van der Waals surface area (Å²) < 4.78 is 5.44. The molecule has 0 saturated carbocycles. The molecule has 0 aromatic heterocycles. The molecule has 0 bridgehead atoms. The Kier molecular flexibility index (Phi) is 5.16. The van der Waals surface area contributed by atoms with E-state index in [0.29, 0.717) is 0 Å². The summed E-state index contributed by atoms with van der Waals surface area (Å²) in [6.07, 6.45) is 4.10. The van der Waals surface area contributed by atoms with Crippen LogP contribution in [0.2, 0.25) is 0 Å². The van der Waals surface area contributed by atoms with Crippen molar-refractivity contribution in [2.75, 3.05) is 12.5 Å². The van der Waals surface area contributed by atoms with Gasteiger partial charge < -0.3 is 12.4 Å². The number of hydrogen-bond donors (Lipinski definition) is 0. The molecule has 0 atom stereocenters. The fourth-order valence-electron chi connectivity index (χ4n) is 0.669. The maximum Gasteiger partial charge on any atom is 0.191 e. The van der Waals surface area contributed by atoms with Crippen molar-refractivity contribution < 1.29 is 16.6 Å². The van der Waals surface area contributed by atoms with Crippen LogP contribution in [0.15, 0.2) is 30.3 Å². The van der Waals surface area contributed by atoms with Gasteiger partial charge in [0, 0.05) is 0 Å². The van der Waals surface area contributed by atoms with Crippen LogP contribution < -0.4 is 16.6 Å². The zero-order valence-corrected chi connectivity index (χ0v) is 8.15. The zero-order valence-electron chi connectivity index (χ0n) is 6.58. The summed E-state index contributed by atoms with van der Waals surface area (Å²) in [6.45, 7) is 0. The second-order valence-electron chi connectivity index (χ2n) is 2.14. The van der Waals surface area contributed by atoms with E-state index in [-0.39, 0.29) is 23.6 Å². The van der Waals surface area contributed by atoms with Gasteiger partial charge in [0.1, 0.15) is 12.5 Å². The van der Waals surface area contributed by atoms with Gasteiger partial charge in [0.25, 0.3) is 0 Å². The van der Waals surface area contributed by atoms with Crippen LogP contribution in [-0.2, 0) is 11.2 Å². The van der Waals surface area contributed by atoms with Crippen molar-refractivity contribution in [3.8, 4) is 5.75 Å². The minimum absolute atomic E-state index is 0. The van der Waals surface area contributed by atoms with Gasteiger partial charge in [-0.2, -0.15) is 0 Å². The second kappa shape index (κ2) is 5.33. The molecule has 11 heavy (non-hydrogen) atoms. The van der Waals surface area contributed by atoms with Gasteiger partial charge in [0.15, 0.2) is 16.9 Å². The summed E-state index contributed by atoms with van der Waals surface area (Å²) in [5.41, 5.74) is 0. The van der Waals surface area contributed by atoms with Crippen LogP contribution in [-0.4, -0.2) is 12.5 Å². The van der Waals surface area contributed by atoms with E-state index < -0.39 is 0 Å². The Bertz CT molecular complexity index is 189. The van der Waals surface area contributed by atoms with Gasteiger partial charge in [-0.1, -0.05) is 18.2 Å². The third-order valence-electron chi connectivity index (χ3n) is 1.01. The smallest absolute Gasteiger partial charge is 0.191 e. The van der Waals surface area contributed by atoms with Gasteiger partial charge in [0.2, 0.25) is 0 Å². The van der Waals surface area contributed by atoms with Crippen molar-refractivity contribution in [2.24, 2.45) is 0 Å². The van der Waals surface area contributed by atoms with Crippen LogP contribution in [0.5, 0.6) is 5.75 Å². The Balaban J connectivity index is 0.000001000. The summed E-state index contributed by atoms with van der Waals surface area (Å²) in [4.78, 5) is 0. The molecule has 0 radical (unpaired) electrons. The molecule has 1 rings (SSSR count). The Morgan fingerprint density at radius 2 is 1.64 bits per heavy atom. The molecule has 3 heteroatoms. The maximum absolute atomic E-state index is 5.44. The fourth-order valence-corrected chi connectivity index (χ4v) is 1.16. The number of rotatable bonds is 2. The molecule has 0 fully saturated rings. The van der Waals surface area contributed by atoms with Crippen LogP contribution in [0.4, 0.5) is 0 Å². The largest absolute Gasteiger partial charge is 1.00 e. The van der Waals surface area contributed by atoms with Crippen LogP contribution in [0.1, 0.15) is 0 Å². The zero-order chi connectivity index (χ0) is 7.40. The van der Waals surface area contributed by atoms with Crippen molar-refractivity contribution in [3.05, 3.63) is 30.3 Å². The molecule has 0 saturated heterocycles. The first-order chi connectivity index (χ1) is 4.79. The maximum atomic E-state index is 5.44. The van der Waals surface area contributed by atoms with E-state index in [1.165, 1.54) is 0 Å². The first kappa shape index (κ1) is 10.7. The fraction of sp³-hybridized carbons (Fsp3) is 0.250. The van der Waals surface area contributed by atoms with Gasteiger partial charge in [0.05, 0.1) is 0 Å². The summed E-state index contributed by atoms with van der Waals surface area (Å²) in [6, 6.07) is 9.86. The molecular weight excluding hydrogens is 180 g/mol. The van der Waals surface area contributed by atoms with Gasteiger partial charge in [-0.25, -0.2) is 0 Å². The van der Waals surface area contributed by atoms with E-state index in [0.717, 1.165) is 5.75 Å². The van der Waals surface area contributed by atoms with Crippen molar-refractivity contribution in [2.45, 2.75) is 0 Å². The quantitative estimate of drug-likeness (QED) is 0.536. The molecule has 0 unspecified atom stereocenters. The highest BCUT2D eigenvalue weighted by molar-refractivity contribution is 7.91. The minimum Gasteiger partial charge on any atom is -1.00 e. The molecule has 0 aliphatic heterocycles. The van der Waals surface area contributed by atoms with Gasteiger partial charge in [-0.05, 0) is 12.1 Å². The highest BCUT2D eigenvalue weighted by Crippen LogP contribution is 2.10. The first-order valence-electron chi connectivity index (χ1n) is 3.10. The molecule has 0 spiro atoms. The molecule has 0 heterocycles. The lowest BCUT2D eigenvalue weighted by Crippen LogP contribution is -3.00. The van der Waals surface area contributed by atoms with Gasteiger partial charge >= 0.3 is 0 Å². The molecule has 1 aromatic carbocycles. The topological polar surface area (TPSA) is 9.23 Å². The predicted octanol–water partition coefficient (Wildman–Crippen LogP) is -1.14. The Labute approximate surface area is 76.7 Å². The molecule has 0 amide bonds. The number of hydrogen-bond acceptors (Lipinski definition) is 1. The molecule has 0 aliphatic carbocycles. The Hall–Kier alpha value is -0.340. The van der Waals surface area contributed by atoms with Crippen molar-refractivity contribution in [3.63, 3.8) is 0 Å². The number of benzene rings is 1. The minimum atomic E-state index is 0. The van der Waals surface area contributed by atoms with Crippen molar-refractivity contribution in [1.82, 2.24) is 0 Å². The summed E-state index contributed by atoms with van der Waals surface area (Å²) >= 11 is 0.0335. The van der Waals surface area contributed by atoms with Gasteiger partial charge in [-0.3, -0.25) is 4.18 Å². The normalized spacial score (nSPS) is 9.00. The highest BCUT2D eigenvalue weighted by Gasteiger charge is 2.03. The summed E-state index contributed by atoms with van der Waals surface area (Å²) in [5.74, 6) is 0.954. The van der Waals surface area contributed by atoms with Crippen molar-refractivity contribution >= 4 is 11.2 Å². The van der Waals surface area contributed by atoms with E-state index in [2.05, 4.69) is 0 Å². The lowest BCUT2D eigenvalue weighted by Gasteiger charge is -1.96.